The van der Waals surface area contributed by atoms with Gasteiger partial charge in [-0.25, -0.2) is 14.2 Å². The quantitative estimate of drug-likeness (QED) is 0.691. The van der Waals surface area contributed by atoms with Crippen LogP contribution in [0.5, 0.6) is 0 Å². The van der Waals surface area contributed by atoms with Gasteiger partial charge in [-0.15, -0.1) is 0 Å². The summed E-state index contributed by atoms with van der Waals surface area (Å²) in [6.07, 6.45) is 1.67. The van der Waals surface area contributed by atoms with Crippen LogP contribution < -0.4 is 10.6 Å². The van der Waals surface area contributed by atoms with Crippen LogP contribution in [-0.4, -0.2) is 22.5 Å². The topological polar surface area (TPSA) is 66.9 Å². The second-order valence-corrected chi connectivity index (χ2v) is 6.47. The molecule has 5 nitrogen and oxygen atoms in total. The molecule has 118 valence electrons. The molecule has 2 aromatic heterocycles. The van der Waals surface area contributed by atoms with Crippen molar-refractivity contribution in [1.82, 2.24) is 15.3 Å². The lowest BCUT2D eigenvalue weighted by molar-refractivity contribution is 0.252. The first-order valence-corrected chi connectivity index (χ1v) is 8.46. The third-order valence-electron chi connectivity index (χ3n) is 3.06. The smallest absolute Gasteiger partial charge is 0.321 e. The Morgan fingerprint density at radius 3 is 2.96 bits per heavy atom. The van der Waals surface area contributed by atoms with Gasteiger partial charge in [-0.05, 0) is 41.1 Å². The summed E-state index contributed by atoms with van der Waals surface area (Å²) in [6, 6.07) is 6.82. The second kappa shape index (κ2) is 6.59. The molecule has 0 aliphatic heterocycles. The van der Waals surface area contributed by atoms with Crippen molar-refractivity contribution in [3.05, 3.63) is 40.8 Å². The van der Waals surface area contributed by atoms with E-state index in [1.165, 1.54) is 11.3 Å². The number of carbonyl (C=O) groups is 1. The van der Waals surface area contributed by atoms with Crippen LogP contribution in [0.3, 0.4) is 0 Å². The second-order valence-electron chi connectivity index (χ2n) is 4.62. The molecule has 0 aliphatic rings. The van der Waals surface area contributed by atoms with Gasteiger partial charge in [-0.1, -0.05) is 17.4 Å². The van der Waals surface area contributed by atoms with Crippen molar-refractivity contribution in [3.63, 3.8) is 0 Å². The minimum atomic E-state index is -0.458. The number of hydrogen-bond donors (Lipinski definition) is 2. The molecule has 1 aromatic carbocycles. The number of halogens is 2. The predicted molar refractivity (Wildman–Crippen MR) is 93.2 cm³/mol. The zero-order valence-corrected chi connectivity index (χ0v) is 14.5. The first-order chi connectivity index (χ1) is 11.1. The fourth-order valence-electron chi connectivity index (χ4n) is 2.09. The molecule has 0 saturated carbocycles. The van der Waals surface area contributed by atoms with Gasteiger partial charge in [-0.3, -0.25) is 10.3 Å². The highest BCUT2D eigenvalue weighted by Gasteiger charge is 2.18. The lowest BCUT2D eigenvalue weighted by Gasteiger charge is -2.04. The Morgan fingerprint density at radius 2 is 2.26 bits per heavy atom. The first-order valence-electron chi connectivity index (χ1n) is 6.85. The number of rotatable bonds is 3. The molecule has 0 atom stereocenters. The number of amides is 2. The largest absolute Gasteiger partial charge is 0.338 e. The molecule has 0 aliphatic carbocycles. The van der Waals surface area contributed by atoms with Crippen LogP contribution in [0.25, 0.3) is 21.5 Å². The van der Waals surface area contributed by atoms with Gasteiger partial charge >= 0.3 is 6.03 Å². The van der Waals surface area contributed by atoms with E-state index in [1.807, 2.05) is 25.1 Å². The van der Waals surface area contributed by atoms with Crippen molar-refractivity contribution in [2.75, 3.05) is 11.9 Å². The molecule has 23 heavy (non-hydrogen) atoms. The number of pyridine rings is 1. The number of thiazole rings is 1. The summed E-state index contributed by atoms with van der Waals surface area (Å²) in [5.74, 6) is -0.458. The number of benzene rings is 1. The minimum absolute atomic E-state index is 0.205. The van der Waals surface area contributed by atoms with E-state index in [9.17, 15) is 9.18 Å². The summed E-state index contributed by atoms with van der Waals surface area (Å²) < 4.78 is 15.3. The number of anilines is 1. The normalized spacial score (nSPS) is 10.7. The molecule has 2 amide bonds. The highest BCUT2D eigenvalue weighted by Crippen LogP contribution is 2.38. The van der Waals surface area contributed by atoms with Crippen LogP contribution in [0.15, 0.2) is 34.9 Å². The van der Waals surface area contributed by atoms with E-state index in [0.29, 0.717) is 26.5 Å². The standard InChI is InChI=1S/C15H12BrFN4OS/c1-2-18-14(22)21-15-20-12-11(17)9(16)7-8(13(12)23-15)10-5-3-4-6-19-10/h3-7H,2H2,1H3,(H2,18,20,21,22). The number of nitrogens with one attached hydrogen (secondary N) is 2. The summed E-state index contributed by atoms with van der Waals surface area (Å²) in [6.45, 7) is 2.31. The van der Waals surface area contributed by atoms with Gasteiger partial charge in [0.05, 0.1) is 14.9 Å². The Kier molecular flexibility index (Phi) is 4.53. The molecule has 0 unspecified atom stereocenters. The fourth-order valence-corrected chi connectivity index (χ4v) is 3.48. The number of nitrogens with zero attached hydrogens (tertiary/aromatic N) is 2. The Hall–Kier alpha value is -2.06. The molecule has 0 radical (unpaired) electrons. The van der Waals surface area contributed by atoms with Crippen molar-refractivity contribution in [2.24, 2.45) is 0 Å². The minimum Gasteiger partial charge on any atom is -0.338 e. The van der Waals surface area contributed by atoms with Crippen molar-refractivity contribution < 1.29 is 9.18 Å². The van der Waals surface area contributed by atoms with Crippen LogP contribution in [0, 0.1) is 5.82 Å². The van der Waals surface area contributed by atoms with Crippen LogP contribution in [0.4, 0.5) is 14.3 Å². The molecule has 8 heteroatoms. The highest BCUT2D eigenvalue weighted by atomic mass is 79.9. The first kappa shape index (κ1) is 15.8. The highest BCUT2D eigenvalue weighted by molar-refractivity contribution is 9.10. The fraction of sp³-hybridized carbons (Fsp3) is 0.133. The van der Waals surface area contributed by atoms with E-state index < -0.39 is 5.82 Å². The number of hydrogen-bond acceptors (Lipinski definition) is 4. The van der Waals surface area contributed by atoms with Gasteiger partial charge in [0.2, 0.25) is 0 Å². The molecule has 2 N–H and O–H groups in total. The summed E-state index contributed by atoms with van der Waals surface area (Å²) in [5, 5.41) is 5.56. The van der Waals surface area contributed by atoms with E-state index in [1.54, 1.807) is 12.3 Å². The Labute approximate surface area is 144 Å². The van der Waals surface area contributed by atoms with Crippen LogP contribution in [-0.2, 0) is 0 Å². The van der Waals surface area contributed by atoms with Crippen molar-refractivity contribution in [2.45, 2.75) is 6.92 Å². The number of carbonyl (C=O) groups excluding carboxylic acids is 1. The SMILES string of the molecule is CCNC(=O)Nc1nc2c(F)c(Br)cc(-c3ccccn3)c2s1. The average Bonchev–Trinajstić information content (AvgIpc) is 2.96. The summed E-state index contributed by atoms with van der Waals surface area (Å²) in [4.78, 5) is 20.1. The molecule has 0 saturated heterocycles. The van der Waals surface area contributed by atoms with Gasteiger partial charge in [0.1, 0.15) is 5.52 Å². The maximum Gasteiger partial charge on any atom is 0.321 e. The third kappa shape index (κ3) is 3.18. The molecule has 0 fully saturated rings. The zero-order valence-electron chi connectivity index (χ0n) is 12.1. The Balaban J connectivity index is 2.13. The van der Waals surface area contributed by atoms with E-state index >= 15 is 0 Å². The predicted octanol–water partition coefficient (Wildman–Crippen LogP) is 4.40. The summed E-state index contributed by atoms with van der Waals surface area (Å²) in [5.41, 5.74) is 1.68. The lowest BCUT2D eigenvalue weighted by Crippen LogP contribution is -2.28. The van der Waals surface area contributed by atoms with E-state index in [2.05, 4.69) is 36.5 Å². The zero-order chi connectivity index (χ0) is 16.4. The molecular weight excluding hydrogens is 383 g/mol. The van der Waals surface area contributed by atoms with Gasteiger partial charge in [0, 0.05) is 18.3 Å². The van der Waals surface area contributed by atoms with Crippen LogP contribution in [0.1, 0.15) is 6.92 Å². The lowest BCUT2D eigenvalue weighted by atomic mass is 10.1. The number of urea groups is 1. The molecule has 3 rings (SSSR count). The van der Waals surface area contributed by atoms with Crippen LogP contribution in [0.2, 0.25) is 0 Å². The molecule has 0 spiro atoms. The van der Waals surface area contributed by atoms with Crippen molar-refractivity contribution in [1.29, 1.82) is 0 Å². The molecule has 2 heterocycles. The average molecular weight is 395 g/mol. The van der Waals surface area contributed by atoms with Crippen molar-refractivity contribution in [3.8, 4) is 11.3 Å². The summed E-state index contributed by atoms with van der Waals surface area (Å²) in [7, 11) is 0. The third-order valence-corrected chi connectivity index (χ3v) is 4.64. The van der Waals surface area contributed by atoms with E-state index in [4.69, 9.17) is 0 Å². The van der Waals surface area contributed by atoms with Gasteiger partial charge in [0.15, 0.2) is 10.9 Å². The van der Waals surface area contributed by atoms with Gasteiger partial charge in [0.25, 0.3) is 0 Å². The number of fused-ring (bicyclic) bond motifs is 1. The van der Waals surface area contributed by atoms with Crippen molar-refractivity contribution >= 4 is 48.6 Å². The molecule has 0 bridgehead atoms. The maximum absolute atomic E-state index is 14.3. The van der Waals surface area contributed by atoms with Gasteiger partial charge < -0.3 is 5.32 Å². The van der Waals surface area contributed by atoms with Gasteiger partial charge in [-0.2, -0.15) is 0 Å². The number of aromatic nitrogens is 2. The molecule has 3 aromatic rings. The Morgan fingerprint density at radius 1 is 1.43 bits per heavy atom. The van der Waals surface area contributed by atoms with E-state index in [-0.39, 0.29) is 11.5 Å². The van der Waals surface area contributed by atoms with Crippen LogP contribution >= 0.6 is 27.3 Å². The van der Waals surface area contributed by atoms with E-state index in [0.717, 1.165) is 5.56 Å². The summed E-state index contributed by atoms with van der Waals surface area (Å²) >= 11 is 4.42. The molecular formula is C15H12BrFN4OS. The Bertz CT molecular complexity index is 869. The maximum atomic E-state index is 14.3. The monoisotopic (exact) mass is 394 g/mol.